The molecule has 0 aliphatic heterocycles. The molecule has 0 aliphatic carbocycles. The summed E-state index contributed by atoms with van der Waals surface area (Å²) in [7, 11) is 1.74. The van der Waals surface area contributed by atoms with Crippen molar-refractivity contribution in [2.45, 2.75) is 19.8 Å². The summed E-state index contributed by atoms with van der Waals surface area (Å²) in [5.74, 6) is 0.297. The van der Waals surface area contributed by atoms with Gasteiger partial charge >= 0.3 is 0 Å². The largest absolute Gasteiger partial charge is 0.384 e. The van der Waals surface area contributed by atoms with Crippen molar-refractivity contribution in [3.63, 3.8) is 0 Å². The van der Waals surface area contributed by atoms with Gasteiger partial charge in [-0.15, -0.1) is 0 Å². The number of hydrogen-bond acceptors (Lipinski definition) is 2. The highest BCUT2D eigenvalue weighted by Gasteiger charge is 2.22. The lowest BCUT2D eigenvalue weighted by molar-refractivity contribution is 0.629. The number of halogens is 2. The number of anilines is 1. The van der Waals surface area contributed by atoms with Gasteiger partial charge < -0.3 is 5.73 Å². The first kappa shape index (κ1) is 12.9. The molecule has 0 aliphatic rings. The van der Waals surface area contributed by atoms with E-state index in [1.165, 1.54) is 6.07 Å². The Morgan fingerprint density at radius 1 is 1.39 bits per heavy atom. The van der Waals surface area contributed by atoms with E-state index in [0.717, 1.165) is 5.56 Å². The zero-order valence-electron chi connectivity index (χ0n) is 10.5. The molecule has 0 saturated carbocycles. The summed E-state index contributed by atoms with van der Waals surface area (Å²) in [5, 5.41) is 4.63. The third-order valence-corrected chi connectivity index (χ3v) is 3.22. The highest BCUT2D eigenvalue weighted by atomic mass is 35.5. The highest BCUT2D eigenvalue weighted by Crippen LogP contribution is 2.37. The van der Waals surface area contributed by atoms with Gasteiger partial charge in [-0.05, 0) is 18.1 Å². The summed E-state index contributed by atoms with van der Waals surface area (Å²) in [4.78, 5) is 0. The van der Waals surface area contributed by atoms with Crippen molar-refractivity contribution in [1.82, 2.24) is 9.78 Å². The topological polar surface area (TPSA) is 43.8 Å². The summed E-state index contributed by atoms with van der Waals surface area (Å²) >= 11 is 6.07. The van der Waals surface area contributed by atoms with Crippen molar-refractivity contribution in [2.75, 3.05) is 5.73 Å². The second kappa shape index (κ2) is 4.61. The second-order valence-corrected chi connectivity index (χ2v) is 4.93. The van der Waals surface area contributed by atoms with Gasteiger partial charge in [0.2, 0.25) is 0 Å². The molecule has 2 aromatic rings. The van der Waals surface area contributed by atoms with Gasteiger partial charge in [0.25, 0.3) is 0 Å². The van der Waals surface area contributed by atoms with Crippen molar-refractivity contribution >= 4 is 17.4 Å². The molecule has 3 nitrogen and oxygen atoms in total. The fraction of sp³-hybridized carbons (Fsp3) is 0.308. The van der Waals surface area contributed by atoms with E-state index in [2.05, 4.69) is 5.10 Å². The Morgan fingerprint density at radius 2 is 2.06 bits per heavy atom. The molecule has 18 heavy (non-hydrogen) atoms. The SMILES string of the molecule is CC(C)c1c(-c2c(F)cccc2Cl)nn(C)c1N. The van der Waals surface area contributed by atoms with Crippen LogP contribution in [0.15, 0.2) is 18.2 Å². The number of nitrogen functional groups attached to an aromatic ring is 1. The molecule has 1 heterocycles. The van der Waals surface area contributed by atoms with E-state index in [1.807, 2.05) is 13.8 Å². The number of benzene rings is 1. The number of aryl methyl sites for hydroxylation is 1. The molecule has 2 rings (SSSR count). The van der Waals surface area contributed by atoms with Crippen LogP contribution in [0.2, 0.25) is 5.02 Å². The molecular weight excluding hydrogens is 253 g/mol. The van der Waals surface area contributed by atoms with Crippen LogP contribution in [-0.2, 0) is 7.05 Å². The van der Waals surface area contributed by atoms with Gasteiger partial charge in [-0.3, -0.25) is 4.68 Å². The Kier molecular flexibility index (Phi) is 3.30. The van der Waals surface area contributed by atoms with E-state index in [1.54, 1.807) is 23.9 Å². The summed E-state index contributed by atoms with van der Waals surface area (Å²) in [6.07, 6.45) is 0. The third kappa shape index (κ3) is 1.97. The Hall–Kier alpha value is -1.55. The molecule has 0 bridgehead atoms. The molecule has 96 valence electrons. The molecule has 0 saturated heterocycles. The molecule has 1 aromatic carbocycles. The van der Waals surface area contributed by atoms with Crippen LogP contribution in [0.4, 0.5) is 10.2 Å². The van der Waals surface area contributed by atoms with Gasteiger partial charge in [-0.1, -0.05) is 31.5 Å². The number of nitrogens with two attached hydrogens (primary N) is 1. The van der Waals surface area contributed by atoms with Crippen molar-refractivity contribution < 1.29 is 4.39 Å². The molecule has 0 atom stereocenters. The van der Waals surface area contributed by atoms with Gasteiger partial charge in [-0.25, -0.2) is 4.39 Å². The molecule has 0 spiro atoms. The molecule has 0 fully saturated rings. The molecule has 0 unspecified atom stereocenters. The molecule has 2 N–H and O–H groups in total. The fourth-order valence-electron chi connectivity index (χ4n) is 2.03. The first-order valence-electron chi connectivity index (χ1n) is 5.70. The molecule has 0 amide bonds. The van der Waals surface area contributed by atoms with E-state index in [-0.39, 0.29) is 11.7 Å². The van der Waals surface area contributed by atoms with Crippen LogP contribution in [0.5, 0.6) is 0 Å². The smallest absolute Gasteiger partial charge is 0.134 e. The predicted molar refractivity (Wildman–Crippen MR) is 72.1 cm³/mol. The van der Waals surface area contributed by atoms with Crippen molar-refractivity contribution in [3.8, 4) is 11.3 Å². The quantitative estimate of drug-likeness (QED) is 0.904. The molecule has 1 aromatic heterocycles. The maximum absolute atomic E-state index is 13.9. The van der Waals surface area contributed by atoms with Gasteiger partial charge in [0.15, 0.2) is 0 Å². The second-order valence-electron chi connectivity index (χ2n) is 4.52. The van der Waals surface area contributed by atoms with Crippen LogP contribution in [0, 0.1) is 5.82 Å². The first-order valence-corrected chi connectivity index (χ1v) is 6.08. The predicted octanol–water partition coefficient (Wildman–Crippen LogP) is 3.59. The van der Waals surface area contributed by atoms with Gasteiger partial charge in [0, 0.05) is 12.6 Å². The maximum atomic E-state index is 13.9. The highest BCUT2D eigenvalue weighted by molar-refractivity contribution is 6.33. The van der Waals surface area contributed by atoms with E-state index >= 15 is 0 Å². The van der Waals surface area contributed by atoms with E-state index in [0.29, 0.717) is 22.1 Å². The lowest BCUT2D eigenvalue weighted by atomic mass is 9.98. The van der Waals surface area contributed by atoms with Crippen molar-refractivity contribution in [2.24, 2.45) is 7.05 Å². The van der Waals surface area contributed by atoms with Crippen molar-refractivity contribution in [1.29, 1.82) is 0 Å². The number of rotatable bonds is 2. The monoisotopic (exact) mass is 267 g/mol. The summed E-state index contributed by atoms with van der Waals surface area (Å²) in [6.45, 7) is 3.98. The minimum Gasteiger partial charge on any atom is -0.384 e. The van der Waals surface area contributed by atoms with Crippen LogP contribution in [0.1, 0.15) is 25.3 Å². The van der Waals surface area contributed by atoms with Crippen molar-refractivity contribution in [3.05, 3.63) is 34.6 Å². The standard InChI is InChI=1S/C13H15ClFN3/c1-7(2)10-12(17-18(3)13(10)16)11-8(14)5-4-6-9(11)15/h4-7H,16H2,1-3H3. The zero-order chi connectivity index (χ0) is 13.4. The van der Waals surface area contributed by atoms with Gasteiger partial charge in [0.05, 0.1) is 10.6 Å². The van der Waals surface area contributed by atoms with E-state index in [4.69, 9.17) is 17.3 Å². The Bertz CT molecular complexity index is 570. The summed E-state index contributed by atoms with van der Waals surface area (Å²) in [5.41, 5.74) is 7.64. The lowest BCUT2D eigenvalue weighted by Gasteiger charge is -2.09. The minimum atomic E-state index is -0.387. The number of hydrogen-bond donors (Lipinski definition) is 1. The third-order valence-electron chi connectivity index (χ3n) is 2.91. The lowest BCUT2D eigenvalue weighted by Crippen LogP contribution is -2.00. The number of nitrogens with zero attached hydrogens (tertiary/aromatic N) is 2. The van der Waals surface area contributed by atoms with E-state index in [9.17, 15) is 4.39 Å². The molecule has 5 heteroatoms. The average molecular weight is 268 g/mol. The van der Waals surface area contributed by atoms with Gasteiger partial charge in [0.1, 0.15) is 17.3 Å². The van der Waals surface area contributed by atoms with Gasteiger partial charge in [-0.2, -0.15) is 5.10 Å². The molecule has 0 radical (unpaired) electrons. The molecular formula is C13H15ClFN3. The normalized spacial score (nSPS) is 11.2. The summed E-state index contributed by atoms with van der Waals surface area (Å²) in [6, 6.07) is 4.59. The van der Waals surface area contributed by atoms with Crippen LogP contribution >= 0.6 is 11.6 Å². The first-order chi connectivity index (χ1) is 8.43. The van der Waals surface area contributed by atoms with Crippen LogP contribution in [0.3, 0.4) is 0 Å². The van der Waals surface area contributed by atoms with E-state index < -0.39 is 0 Å². The average Bonchev–Trinajstić information content (AvgIpc) is 2.55. The fourth-order valence-corrected chi connectivity index (χ4v) is 2.28. The van der Waals surface area contributed by atoms with Crippen LogP contribution in [0.25, 0.3) is 11.3 Å². The summed E-state index contributed by atoms with van der Waals surface area (Å²) < 4.78 is 15.5. The van der Waals surface area contributed by atoms with Crippen LogP contribution < -0.4 is 5.73 Å². The Labute approximate surface area is 110 Å². The maximum Gasteiger partial charge on any atom is 0.134 e. The Balaban J connectivity index is 2.76. The number of aromatic nitrogens is 2. The zero-order valence-corrected chi connectivity index (χ0v) is 11.3. The Morgan fingerprint density at radius 3 is 2.61 bits per heavy atom. The van der Waals surface area contributed by atoms with Crippen LogP contribution in [-0.4, -0.2) is 9.78 Å². The minimum absolute atomic E-state index is 0.143.